The number of carbonyl (C=O) groups is 5. The number of fused-ring (bicyclic) bond motifs is 3. The van der Waals surface area contributed by atoms with Gasteiger partial charge in [-0.05, 0) is 67.7 Å². The number of nitrogens with zero attached hydrogens (tertiary/aromatic N) is 1. The van der Waals surface area contributed by atoms with Crippen LogP contribution in [0.4, 0.5) is 0 Å². The molecular formula is C29H31N3O8. The van der Waals surface area contributed by atoms with E-state index >= 15 is 0 Å². The summed E-state index contributed by atoms with van der Waals surface area (Å²) in [7, 11) is 4.62. The minimum absolute atomic E-state index is 0.0182. The smallest absolute Gasteiger partial charge is 0.235 e. The van der Waals surface area contributed by atoms with Crippen molar-refractivity contribution in [1.82, 2.24) is 4.90 Å². The number of primary amides is 1. The average Bonchev–Trinajstić information content (AvgIpc) is 2.90. The molecule has 40 heavy (non-hydrogen) atoms. The van der Waals surface area contributed by atoms with E-state index in [0.717, 1.165) is 11.1 Å². The van der Waals surface area contributed by atoms with Gasteiger partial charge in [-0.15, -0.1) is 0 Å². The number of likely N-dealkylation sites (N-methyl/N-ethyl adjacent to an activating group) is 1. The number of phenolic OH excluding ortho intramolecular Hbond substituents is 1. The molecule has 0 heterocycles. The summed E-state index contributed by atoms with van der Waals surface area (Å²) < 4.78 is 5.36. The molecule has 0 radical (unpaired) electrons. The number of phenols is 1. The van der Waals surface area contributed by atoms with Crippen LogP contribution in [0.15, 0.2) is 30.3 Å². The quantitative estimate of drug-likeness (QED) is 0.369. The minimum Gasteiger partial charge on any atom is -0.507 e. The van der Waals surface area contributed by atoms with E-state index in [1.807, 2.05) is 6.07 Å². The number of ether oxygens (including phenoxy) is 1. The number of methoxy groups -OCH3 is 1. The van der Waals surface area contributed by atoms with Crippen molar-refractivity contribution < 1.29 is 38.9 Å². The summed E-state index contributed by atoms with van der Waals surface area (Å²) in [5.74, 6) is -10.2. The van der Waals surface area contributed by atoms with Gasteiger partial charge in [-0.3, -0.25) is 28.9 Å². The van der Waals surface area contributed by atoms with Crippen LogP contribution in [0.2, 0.25) is 0 Å². The first-order chi connectivity index (χ1) is 18.9. The number of nitrogens with two attached hydrogens (primary N) is 2. The predicted molar refractivity (Wildman–Crippen MR) is 141 cm³/mol. The molecule has 2 fully saturated rings. The molecule has 6 atom stereocenters. The van der Waals surface area contributed by atoms with Gasteiger partial charge in [-0.2, -0.15) is 0 Å². The van der Waals surface area contributed by atoms with Gasteiger partial charge < -0.3 is 26.4 Å². The molecule has 0 bridgehead atoms. The maximum absolute atomic E-state index is 13.9. The topological polar surface area (TPSA) is 190 Å². The largest absolute Gasteiger partial charge is 0.507 e. The Morgan fingerprint density at radius 3 is 2.42 bits per heavy atom. The molecule has 2 aromatic carbocycles. The zero-order chi connectivity index (χ0) is 29.3. The highest BCUT2D eigenvalue weighted by atomic mass is 16.5. The molecule has 0 aliphatic heterocycles. The second kappa shape index (κ2) is 9.61. The highest BCUT2D eigenvalue weighted by Crippen LogP contribution is 2.51. The summed E-state index contributed by atoms with van der Waals surface area (Å²) in [4.78, 5) is 68.0. The van der Waals surface area contributed by atoms with Crippen LogP contribution < -0.4 is 16.2 Å². The third kappa shape index (κ3) is 3.72. The maximum atomic E-state index is 13.9. The highest BCUT2D eigenvalue weighted by Gasteiger charge is 2.69. The molecule has 0 saturated heterocycles. The second-order valence-corrected chi connectivity index (χ2v) is 11.0. The Labute approximate surface area is 230 Å². The minimum atomic E-state index is -2.75. The first kappa shape index (κ1) is 27.6. The molecule has 11 heteroatoms. The van der Waals surface area contributed by atoms with Crippen LogP contribution in [0.5, 0.6) is 11.5 Å². The van der Waals surface area contributed by atoms with Crippen molar-refractivity contribution >= 4 is 29.0 Å². The lowest BCUT2D eigenvalue weighted by Gasteiger charge is -2.52. The number of hydrogen-bond donors (Lipinski definition) is 4. The van der Waals surface area contributed by atoms with E-state index in [1.54, 1.807) is 32.3 Å². The molecule has 0 spiro atoms. The number of ketones is 4. The van der Waals surface area contributed by atoms with Crippen LogP contribution in [0, 0.1) is 23.7 Å². The summed E-state index contributed by atoms with van der Waals surface area (Å²) >= 11 is 0. The number of carbonyl (C=O) groups excluding carboxylic acids is 5. The van der Waals surface area contributed by atoms with Gasteiger partial charge >= 0.3 is 0 Å². The second-order valence-electron chi connectivity index (χ2n) is 11.0. The fourth-order valence-electron chi connectivity index (χ4n) is 6.98. The van der Waals surface area contributed by atoms with E-state index in [9.17, 15) is 34.2 Å². The fraction of sp³-hybridized carbons (Fsp3) is 0.414. The van der Waals surface area contributed by atoms with E-state index in [1.165, 1.54) is 18.1 Å². The van der Waals surface area contributed by atoms with Crippen LogP contribution in [0.25, 0.3) is 11.1 Å². The van der Waals surface area contributed by atoms with Crippen molar-refractivity contribution in [3.05, 3.63) is 47.0 Å². The van der Waals surface area contributed by atoms with E-state index in [2.05, 4.69) is 0 Å². The van der Waals surface area contributed by atoms with Gasteiger partial charge in [0.2, 0.25) is 5.91 Å². The first-order valence-corrected chi connectivity index (χ1v) is 12.9. The van der Waals surface area contributed by atoms with Crippen molar-refractivity contribution in [3.63, 3.8) is 0 Å². The van der Waals surface area contributed by atoms with Gasteiger partial charge in [-0.25, -0.2) is 0 Å². The van der Waals surface area contributed by atoms with E-state index in [-0.39, 0.29) is 30.7 Å². The number of amides is 1. The summed E-state index contributed by atoms with van der Waals surface area (Å²) in [6.07, 6.45) is 0.148. The van der Waals surface area contributed by atoms with Gasteiger partial charge in [-0.1, -0.05) is 12.1 Å². The van der Waals surface area contributed by atoms with Crippen molar-refractivity contribution in [2.24, 2.45) is 35.1 Å². The standard InChI is InChI=1S/C29H31N3O8/c1-32(2)23-17-10-13-9-16-15(12-4-7-19(40-3)14(8-12)11-30)5-6-18(33)21(16)24(34)20(13)26(36)29(17,39)27(37)22(25(23)35)28(31)38/h4-8,13,17,20,22-23,33,39H,9-11,30H2,1-3H3,(H2,31,38)/t13-,17-,20?,22?,23-,29-/m0/s1. The Kier molecular flexibility index (Phi) is 6.64. The van der Waals surface area contributed by atoms with Crippen LogP contribution in [0.1, 0.15) is 27.9 Å². The summed E-state index contributed by atoms with van der Waals surface area (Å²) in [5.41, 5.74) is 11.1. The SMILES string of the molecule is COc1ccc(-c2ccc(O)c3c2C[C@H]2C[C@H]4[C@H](N(C)C)C(=O)C(C(N)=O)C(=O)[C@@]4(O)C(=O)C2C3=O)cc1CN. The number of Topliss-reactive ketones (excluding diaryl/α,β-unsaturated/α-hetero) is 4. The van der Waals surface area contributed by atoms with Crippen molar-refractivity contribution in [3.8, 4) is 22.6 Å². The van der Waals surface area contributed by atoms with E-state index in [0.29, 0.717) is 16.9 Å². The van der Waals surface area contributed by atoms with Crippen LogP contribution >= 0.6 is 0 Å². The van der Waals surface area contributed by atoms with Crippen molar-refractivity contribution in [2.45, 2.75) is 31.0 Å². The Balaban J connectivity index is 1.65. The van der Waals surface area contributed by atoms with Gasteiger partial charge in [0.05, 0.1) is 24.6 Å². The lowest BCUT2D eigenvalue weighted by molar-refractivity contribution is -0.181. The van der Waals surface area contributed by atoms with Crippen LogP contribution in [-0.2, 0) is 32.1 Å². The zero-order valence-electron chi connectivity index (χ0n) is 22.3. The molecular weight excluding hydrogens is 518 g/mol. The van der Waals surface area contributed by atoms with E-state index in [4.69, 9.17) is 16.2 Å². The van der Waals surface area contributed by atoms with Gasteiger partial charge in [0, 0.05) is 18.0 Å². The Morgan fingerprint density at radius 2 is 1.82 bits per heavy atom. The first-order valence-electron chi connectivity index (χ1n) is 12.9. The molecule has 1 amide bonds. The number of hydrogen-bond acceptors (Lipinski definition) is 10. The molecule has 210 valence electrons. The lowest BCUT2D eigenvalue weighted by Crippen LogP contribution is -2.74. The van der Waals surface area contributed by atoms with Gasteiger partial charge in [0.1, 0.15) is 11.5 Å². The molecule has 3 aliphatic carbocycles. The third-order valence-corrected chi connectivity index (χ3v) is 8.76. The molecule has 3 aliphatic rings. The number of rotatable bonds is 5. The Bertz CT molecular complexity index is 1480. The third-order valence-electron chi connectivity index (χ3n) is 8.76. The average molecular weight is 550 g/mol. The van der Waals surface area contributed by atoms with Crippen LogP contribution in [0.3, 0.4) is 0 Å². The zero-order valence-corrected chi connectivity index (χ0v) is 22.3. The number of benzene rings is 2. The van der Waals surface area contributed by atoms with Crippen LogP contribution in [-0.4, -0.2) is 77.0 Å². The molecule has 11 nitrogen and oxygen atoms in total. The maximum Gasteiger partial charge on any atom is 0.235 e. The molecule has 0 aromatic heterocycles. The molecule has 2 unspecified atom stereocenters. The highest BCUT2D eigenvalue weighted by molar-refractivity contribution is 6.32. The van der Waals surface area contributed by atoms with Crippen molar-refractivity contribution in [2.75, 3.05) is 21.2 Å². The lowest BCUT2D eigenvalue weighted by atomic mass is 9.52. The molecule has 2 saturated carbocycles. The monoisotopic (exact) mass is 549 g/mol. The molecule has 2 aromatic rings. The molecule has 5 rings (SSSR count). The summed E-state index contributed by atoms with van der Waals surface area (Å²) in [6.45, 7) is 0.204. The Hall–Kier alpha value is -3.93. The summed E-state index contributed by atoms with van der Waals surface area (Å²) in [6, 6.07) is 7.27. The normalized spacial score (nSPS) is 29.6. The Morgan fingerprint density at radius 1 is 1.12 bits per heavy atom. The predicted octanol–water partition coefficient (Wildman–Crippen LogP) is 0.00130. The number of aliphatic hydroxyl groups is 1. The number of aromatic hydroxyl groups is 1. The van der Waals surface area contributed by atoms with Gasteiger partial charge in [0.25, 0.3) is 0 Å². The van der Waals surface area contributed by atoms with Gasteiger partial charge in [0.15, 0.2) is 34.7 Å². The summed E-state index contributed by atoms with van der Waals surface area (Å²) in [5, 5.41) is 22.4. The molecule has 6 N–H and O–H groups in total. The fourth-order valence-corrected chi connectivity index (χ4v) is 6.98. The van der Waals surface area contributed by atoms with E-state index < -0.39 is 64.4 Å². The van der Waals surface area contributed by atoms with Crippen molar-refractivity contribution in [1.29, 1.82) is 0 Å².